The highest BCUT2D eigenvalue weighted by Crippen LogP contribution is 2.09. The summed E-state index contributed by atoms with van der Waals surface area (Å²) in [6.45, 7) is 6.38. The molecule has 0 atom stereocenters. The molecule has 2 aromatic rings. The fraction of sp³-hybridized carbons (Fsp3) is 0.278. The molecule has 0 bridgehead atoms. The van der Waals surface area contributed by atoms with E-state index in [9.17, 15) is 4.79 Å². The molecule has 0 fully saturated rings. The summed E-state index contributed by atoms with van der Waals surface area (Å²) in [6, 6.07) is 11.8. The summed E-state index contributed by atoms with van der Waals surface area (Å²) in [5, 5.41) is 0. The Kier molecular flexibility index (Phi) is 4.43. The van der Waals surface area contributed by atoms with Crippen LogP contribution < -0.4 is 11.3 Å². The van der Waals surface area contributed by atoms with Crippen molar-refractivity contribution in [3.8, 4) is 0 Å². The van der Waals surface area contributed by atoms with Crippen molar-refractivity contribution in [3.63, 3.8) is 0 Å². The third-order valence-corrected chi connectivity index (χ3v) is 3.14. The molecule has 0 unspecified atom stereocenters. The smallest absolute Gasteiger partial charge is 0.251 e. The molecule has 0 saturated carbocycles. The van der Waals surface area contributed by atoms with Gasteiger partial charge in [-0.2, -0.15) is 0 Å². The first kappa shape index (κ1) is 15.3. The first-order chi connectivity index (χ1) is 9.83. The van der Waals surface area contributed by atoms with Crippen LogP contribution in [0.2, 0.25) is 0 Å². The molecule has 0 radical (unpaired) electrons. The molecule has 1 aromatic carbocycles. The Morgan fingerprint density at radius 2 is 1.71 bits per heavy atom. The van der Waals surface area contributed by atoms with E-state index < -0.39 is 5.54 Å². The lowest BCUT2D eigenvalue weighted by Gasteiger charge is -2.19. The van der Waals surface area contributed by atoms with Crippen molar-refractivity contribution in [1.29, 1.82) is 0 Å². The molecule has 1 aromatic heterocycles. The van der Waals surface area contributed by atoms with Gasteiger partial charge in [0.2, 0.25) is 0 Å². The van der Waals surface area contributed by atoms with Crippen molar-refractivity contribution in [2.45, 2.75) is 32.9 Å². The van der Waals surface area contributed by atoms with Crippen molar-refractivity contribution >= 4 is 12.2 Å². The Bertz CT molecular complexity index is 688. The van der Waals surface area contributed by atoms with Gasteiger partial charge >= 0.3 is 0 Å². The predicted molar refractivity (Wildman–Crippen MR) is 89.1 cm³/mol. The number of aryl methyl sites for hydroxylation is 1. The number of nitrogens with two attached hydrogens (primary N) is 1. The average molecular weight is 282 g/mol. The Morgan fingerprint density at radius 1 is 1.10 bits per heavy atom. The van der Waals surface area contributed by atoms with Crippen LogP contribution in [0.3, 0.4) is 0 Å². The van der Waals surface area contributed by atoms with Crippen LogP contribution in [0, 0.1) is 6.92 Å². The summed E-state index contributed by atoms with van der Waals surface area (Å²) in [5.41, 5.74) is 8.77. The zero-order valence-electron chi connectivity index (χ0n) is 12.8. The van der Waals surface area contributed by atoms with Crippen LogP contribution in [0.15, 0.2) is 47.4 Å². The molecule has 0 saturated heterocycles. The highest BCUT2D eigenvalue weighted by Gasteiger charge is 2.11. The molecule has 110 valence electrons. The first-order valence-corrected chi connectivity index (χ1v) is 7.08. The lowest BCUT2D eigenvalue weighted by Crippen LogP contribution is -2.40. The van der Waals surface area contributed by atoms with Crippen LogP contribution in [0.4, 0.5) is 0 Å². The standard InChI is InChI=1S/C18H22N2O/c1-14-4-6-15(7-5-14)8-9-16-10-11-20(17(21)12-16)13-18(2,3)19/h4-12H,13,19H2,1-3H3/b9-8+. The van der Waals surface area contributed by atoms with Crippen LogP contribution in [0.5, 0.6) is 0 Å². The predicted octanol–water partition coefficient (Wildman–Crippen LogP) is 3.06. The summed E-state index contributed by atoms with van der Waals surface area (Å²) < 4.78 is 1.64. The monoisotopic (exact) mass is 282 g/mol. The van der Waals surface area contributed by atoms with Gasteiger partial charge in [-0.15, -0.1) is 0 Å². The topological polar surface area (TPSA) is 48.0 Å². The lowest BCUT2D eigenvalue weighted by atomic mass is 10.1. The van der Waals surface area contributed by atoms with E-state index in [2.05, 4.69) is 31.2 Å². The largest absolute Gasteiger partial charge is 0.324 e. The Balaban J connectivity index is 2.17. The van der Waals surface area contributed by atoms with E-state index in [-0.39, 0.29) is 5.56 Å². The minimum Gasteiger partial charge on any atom is -0.324 e. The van der Waals surface area contributed by atoms with E-state index in [0.29, 0.717) is 6.54 Å². The van der Waals surface area contributed by atoms with Gasteiger partial charge in [0.15, 0.2) is 0 Å². The summed E-state index contributed by atoms with van der Waals surface area (Å²) in [5.74, 6) is 0. The summed E-state index contributed by atoms with van der Waals surface area (Å²) in [6.07, 6.45) is 5.75. The molecular formula is C18H22N2O. The van der Waals surface area contributed by atoms with E-state index >= 15 is 0 Å². The molecule has 1 heterocycles. The van der Waals surface area contributed by atoms with Gasteiger partial charge in [-0.05, 0) is 38.0 Å². The quantitative estimate of drug-likeness (QED) is 0.937. The molecule has 2 N–H and O–H groups in total. The van der Waals surface area contributed by atoms with E-state index in [1.54, 1.807) is 16.8 Å². The van der Waals surface area contributed by atoms with Gasteiger partial charge in [0.25, 0.3) is 5.56 Å². The van der Waals surface area contributed by atoms with Crippen molar-refractivity contribution < 1.29 is 0 Å². The second-order valence-electron chi connectivity index (χ2n) is 6.16. The molecule has 0 aliphatic heterocycles. The van der Waals surface area contributed by atoms with Gasteiger partial charge in [-0.25, -0.2) is 0 Å². The van der Waals surface area contributed by atoms with Crippen molar-refractivity contribution in [1.82, 2.24) is 4.57 Å². The number of benzene rings is 1. The third-order valence-electron chi connectivity index (χ3n) is 3.14. The number of nitrogens with zero attached hydrogens (tertiary/aromatic N) is 1. The van der Waals surface area contributed by atoms with E-state index in [1.807, 2.05) is 32.1 Å². The van der Waals surface area contributed by atoms with Gasteiger partial charge in [-0.3, -0.25) is 4.79 Å². The zero-order valence-corrected chi connectivity index (χ0v) is 12.8. The molecule has 0 aliphatic rings. The maximum atomic E-state index is 12.0. The van der Waals surface area contributed by atoms with Crippen LogP contribution in [0.1, 0.15) is 30.5 Å². The zero-order chi connectivity index (χ0) is 15.5. The maximum Gasteiger partial charge on any atom is 0.251 e. The molecule has 2 rings (SSSR count). The average Bonchev–Trinajstić information content (AvgIpc) is 2.40. The summed E-state index contributed by atoms with van der Waals surface area (Å²) in [4.78, 5) is 12.0. The van der Waals surface area contributed by atoms with Crippen LogP contribution in [-0.4, -0.2) is 10.1 Å². The Morgan fingerprint density at radius 3 is 2.29 bits per heavy atom. The highest BCUT2D eigenvalue weighted by atomic mass is 16.1. The van der Waals surface area contributed by atoms with Crippen molar-refractivity contribution in [2.24, 2.45) is 5.73 Å². The second-order valence-corrected chi connectivity index (χ2v) is 6.16. The number of hydrogen-bond acceptors (Lipinski definition) is 2. The highest BCUT2D eigenvalue weighted by molar-refractivity contribution is 5.69. The fourth-order valence-corrected chi connectivity index (χ4v) is 2.07. The second kappa shape index (κ2) is 6.10. The maximum absolute atomic E-state index is 12.0. The van der Waals surface area contributed by atoms with E-state index in [4.69, 9.17) is 5.73 Å². The van der Waals surface area contributed by atoms with Crippen molar-refractivity contribution in [2.75, 3.05) is 0 Å². The fourth-order valence-electron chi connectivity index (χ4n) is 2.07. The normalized spacial score (nSPS) is 12.0. The van der Waals surface area contributed by atoms with Gasteiger partial charge < -0.3 is 10.3 Å². The van der Waals surface area contributed by atoms with Crippen LogP contribution in [-0.2, 0) is 6.54 Å². The summed E-state index contributed by atoms with van der Waals surface area (Å²) >= 11 is 0. The van der Waals surface area contributed by atoms with Gasteiger partial charge in [0, 0.05) is 24.3 Å². The molecule has 0 aliphatic carbocycles. The van der Waals surface area contributed by atoms with E-state index in [1.165, 1.54) is 5.56 Å². The Hall–Kier alpha value is -2.13. The number of rotatable bonds is 4. The van der Waals surface area contributed by atoms with Gasteiger partial charge in [0.1, 0.15) is 0 Å². The molecule has 0 amide bonds. The van der Waals surface area contributed by atoms with E-state index in [0.717, 1.165) is 11.1 Å². The molecule has 21 heavy (non-hydrogen) atoms. The number of pyridine rings is 1. The van der Waals surface area contributed by atoms with Gasteiger partial charge in [0.05, 0.1) is 0 Å². The lowest BCUT2D eigenvalue weighted by molar-refractivity contribution is 0.426. The summed E-state index contributed by atoms with van der Waals surface area (Å²) in [7, 11) is 0. The SMILES string of the molecule is Cc1ccc(/C=C/c2ccn(CC(C)(C)N)c(=O)c2)cc1. The molecule has 3 heteroatoms. The van der Waals surface area contributed by atoms with Crippen LogP contribution in [0.25, 0.3) is 12.2 Å². The van der Waals surface area contributed by atoms with Crippen molar-refractivity contribution in [3.05, 3.63) is 69.6 Å². The molecular weight excluding hydrogens is 260 g/mol. The molecule has 3 nitrogen and oxygen atoms in total. The minimum absolute atomic E-state index is 0.0282. The Labute approximate surface area is 125 Å². The van der Waals surface area contributed by atoms with Crippen LogP contribution >= 0.6 is 0 Å². The first-order valence-electron chi connectivity index (χ1n) is 7.08. The number of hydrogen-bond donors (Lipinski definition) is 1. The minimum atomic E-state index is -0.400. The molecule has 0 spiro atoms. The number of aromatic nitrogens is 1. The third kappa shape index (κ3) is 4.72. The van der Waals surface area contributed by atoms with Gasteiger partial charge in [-0.1, -0.05) is 42.0 Å².